The van der Waals surface area contributed by atoms with Crippen LogP contribution in [0.4, 0.5) is 24.5 Å². The fraction of sp³-hybridized carbons (Fsp3) is 0.286. The molecule has 2 aromatic carbocycles. The van der Waals surface area contributed by atoms with Crippen molar-refractivity contribution >= 4 is 40.8 Å². The van der Waals surface area contributed by atoms with Gasteiger partial charge >= 0.3 is 12.1 Å². The number of esters is 1. The second kappa shape index (κ2) is 9.47. The standard InChI is InChI=1S/C21H18ClF3N2O5/c1-11(20(30)27-17-5-3-13(22)9-15(17)21(23,24)25)32-19(29)10-31-14-4-6-16-12(8-14)2-7-18(28)26-16/h3-6,8-9,11H,2,7,10H2,1H3,(H,26,28)(H,27,30). The quantitative estimate of drug-likeness (QED) is 0.617. The van der Waals surface area contributed by atoms with Gasteiger partial charge in [0.15, 0.2) is 12.7 Å². The third-order valence-corrected chi connectivity index (χ3v) is 4.79. The predicted molar refractivity (Wildman–Crippen MR) is 110 cm³/mol. The molecule has 32 heavy (non-hydrogen) atoms. The summed E-state index contributed by atoms with van der Waals surface area (Å²) in [6.07, 6.45) is -5.24. The molecule has 11 heteroatoms. The van der Waals surface area contributed by atoms with Crippen molar-refractivity contribution in [2.24, 2.45) is 0 Å². The third-order valence-electron chi connectivity index (χ3n) is 4.55. The van der Waals surface area contributed by atoms with Gasteiger partial charge in [-0.1, -0.05) is 11.6 Å². The number of hydrogen-bond acceptors (Lipinski definition) is 5. The lowest BCUT2D eigenvalue weighted by atomic mass is 10.0. The van der Waals surface area contributed by atoms with Crippen LogP contribution in [0.3, 0.4) is 0 Å². The number of anilines is 2. The lowest BCUT2D eigenvalue weighted by Crippen LogP contribution is -2.32. The summed E-state index contributed by atoms with van der Waals surface area (Å²) in [5.74, 6) is -1.55. The highest BCUT2D eigenvalue weighted by Crippen LogP contribution is 2.36. The van der Waals surface area contributed by atoms with E-state index in [0.29, 0.717) is 30.3 Å². The van der Waals surface area contributed by atoms with Crippen molar-refractivity contribution in [1.29, 1.82) is 0 Å². The molecule has 2 amide bonds. The zero-order valence-corrected chi connectivity index (χ0v) is 17.5. The number of fused-ring (bicyclic) bond motifs is 1. The second-order valence-corrected chi connectivity index (χ2v) is 7.40. The molecule has 1 heterocycles. The van der Waals surface area contributed by atoms with Gasteiger partial charge in [-0.2, -0.15) is 13.2 Å². The summed E-state index contributed by atoms with van der Waals surface area (Å²) in [5.41, 5.74) is -0.107. The Balaban J connectivity index is 1.55. The first-order chi connectivity index (χ1) is 15.0. The largest absolute Gasteiger partial charge is 0.482 e. The lowest BCUT2D eigenvalue weighted by molar-refractivity contribution is -0.155. The van der Waals surface area contributed by atoms with Gasteiger partial charge in [-0.3, -0.25) is 9.59 Å². The van der Waals surface area contributed by atoms with Crippen molar-refractivity contribution in [2.75, 3.05) is 17.2 Å². The Morgan fingerprint density at radius 2 is 1.94 bits per heavy atom. The summed E-state index contributed by atoms with van der Waals surface area (Å²) in [6.45, 7) is 0.704. The van der Waals surface area contributed by atoms with E-state index < -0.39 is 42.0 Å². The molecular formula is C21H18ClF3N2O5. The van der Waals surface area contributed by atoms with E-state index in [1.165, 1.54) is 13.0 Å². The van der Waals surface area contributed by atoms with Crippen LogP contribution < -0.4 is 15.4 Å². The number of ether oxygens (including phenoxy) is 2. The first-order valence-corrected chi connectivity index (χ1v) is 9.83. The van der Waals surface area contributed by atoms with Crippen LogP contribution in [0.25, 0.3) is 0 Å². The molecule has 0 fully saturated rings. The molecule has 0 aliphatic carbocycles. The minimum atomic E-state index is -4.74. The Morgan fingerprint density at radius 3 is 2.66 bits per heavy atom. The molecule has 7 nitrogen and oxygen atoms in total. The van der Waals surface area contributed by atoms with E-state index >= 15 is 0 Å². The predicted octanol–water partition coefficient (Wildman–Crippen LogP) is 4.19. The third kappa shape index (κ3) is 5.91. The summed E-state index contributed by atoms with van der Waals surface area (Å²) in [5, 5.41) is 4.67. The number of alkyl halides is 3. The molecule has 0 saturated carbocycles. The Bertz CT molecular complexity index is 1060. The van der Waals surface area contributed by atoms with E-state index in [4.69, 9.17) is 21.1 Å². The average molecular weight is 471 g/mol. The zero-order chi connectivity index (χ0) is 23.5. The number of nitrogens with one attached hydrogen (secondary N) is 2. The van der Waals surface area contributed by atoms with Crippen LogP contribution in [0.2, 0.25) is 5.02 Å². The Hall–Kier alpha value is -3.27. The van der Waals surface area contributed by atoms with E-state index in [2.05, 4.69) is 10.6 Å². The van der Waals surface area contributed by atoms with E-state index in [9.17, 15) is 27.6 Å². The first-order valence-electron chi connectivity index (χ1n) is 9.45. The number of aryl methyl sites for hydroxylation is 1. The second-order valence-electron chi connectivity index (χ2n) is 6.96. The van der Waals surface area contributed by atoms with Gasteiger partial charge in [-0.15, -0.1) is 0 Å². The Labute approximate surface area is 185 Å². The van der Waals surface area contributed by atoms with Crippen LogP contribution in [0.15, 0.2) is 36.4 Å². The minimum Gasteiger partial charge on any atom is -0.482 e. The molecule has 3 rings (SSSR count). The summed E-state index contributed by atoms with van der Waals surface area (Å²) in [4.78, 5) is 35.6. The normalized spacial score (nSPS) is 14.1. The molecule has 1 aliphatic heterocycles. The van der Waals surface area contributed by atoms with Gasteiger partial charge in [0.25, 0.3) is 5.91 Å². The van der Waals surface area contributed by atoms with Crippen molar-refractivity contribution in [3.8, 4) is 5.75 Å². The number of amides is 2. The summed E-state index contributed by atoms with van der Waals surface area (Å²) >= 11 is 5.61. The highest BCUT2D eigenvalue weighted by Gasteiger charge is 2.34. The van der Waals surface area contributed by atoms with Crippen LogP contribution in [0.5, 0.6) is 5.75 Å². The lowest BCUT2D eigenvalue weighted by Gasteiger charge is -2.18. The number of benzene rings is 2. The average Bonchev–Trinajstić information content (AvgIpc) is 2.72. The molecule has 0 aromatic heterocycles. The van der Waals surface area contributed by atoms with Crippen LogP contribution >= 0.6 is 11.6 Å². The summed E-state index contributed by atoms with van der Waals surface area (Å²) in [7, 11) is 0. The highest BCUT2D eigenvalue weighted by molar-refractivity contribution is 6.30. The molecular weight excluding hydrogens is 453 g/mol. The molecule has 1 atom stereocenters. The fourth-order valence-electron chi connectivity index (χ4n) is 2.97. The number of carbonyl (C=O) groups is 3. The SMILES string of the molecule is CC(OC(=O)COc1ccc2c(c1)CCC(=O)N2)C(=O)Nc1ccc(Cl)cc1C(F)(F)F. The number of halogens is 4. The van der Waals surface area contributed by atoms with E-state index in [1.54, 1.807) is 18.2 Å². The van der Waals surface area contributed by atoms with E-state index in [1.807, 2.05) is 0 Å². The maximum Gasteiger partial charge on any atom is 0.418 e. The van der Waals surface area contributed by atoms with Gasteiger partial charge < -0.3 is 20.1 Å². The Kier molecular flexibility index (Phi) is 6.93. The minimum absolute atomic E-state index is 0.0806. The molecule has 0 spiro atoms. The molecule has 170 valence electrons. The maximum atomic E-state index is 13.1. The van der Waals surface area contributed by atoms with Crippen LogP contribution in [-0.4, -0.2) is 30.5 Å². The van der Waals surface area contributed by atoms with Gasteiger partial charge in [0.2, 0.25) is 5.91 Å². The van der Waals surface area contributed by atoms with Gasteiger partial charge in [0.05, 0.1) is 11.3 Å². The molecule has 2 aromatic rings. The van der Waals surface area contributed by atoms with Gasteiger partial charge in [0, 0.05) is 17.1 Å². The monoisotopic (exact) mass is 470 g/mol. The highest BCUT2D eigenvalue weighted by atomic mass is 35.5. The summed E-state index contributed by atoms with van der Waals surface area (Å²) < 4.78 is 49.7. The smallest absolute Gasteiger partial charge is 0.418 e. The molecule has 0 radical (unpaired) electrons. The van der Waals surface area contributed by atoms with Crippen LogP contribution in [0, 0.1) is 0 Å². The topological polar surface area (TPSA) is 93.7 Å². The molecule has 2 N–H and O–H groups in total. The zero-order valence-electron chi connectivity index (χ0n) is 16.7. The number of hydrogen-bond donors (Lipinski definition) is 2. The van der Waals surface area contributed by atoms with Crippen molar-refractivity contribution in [2.45, 2.75) is 32.0 Å². The van der Waals surface area contributed by atoms with Crippen molar-refractivity contribution < 1.29 is 37.0 Å². The van der Waals surface area contributed by atoms with Gasteiger partial charge in [-0.05, 0) is 55.3 Å². The van der Waals surface area contributed by atoms with Crippen LogP contribution in [-0.2, 0) is 31.7 Å². The molecule has 1 unspecified atom stereocenters. The van der Waals surface area contributed by atoms with Gasteiger partial charge in [-0.25, -0.2) is 4.79 Å². The van der Waals surface area contributed by atoms with Crippen molar-refractivity contribution in [3.05, 3.63) is 52.5 Å². The number of rotatable bonds is 6. The van der Waals surface area contributed by atoms with Gasteiger partial charge in [0.1, 0.15) is 5.75 Å². The van der Waals surface area contributed by atoms with Crippen molar-refractivity contribution in [3.63, 3.8) is 0 Å². The van der Waals surface area contributed by atoms with Crippen LogP contribution in [0.1, 0.15) is 24.5 Å². The number of carbonyl (C=O) groups excluding carboxylic acids is 3. The maximum absolute atomic E-state index is 13.1. The molecule has 1 aliphatic rings. The molecule has 0 bridgehead atoms. The van der Waals surface area contributed by atoms with E-state index in [0.717, 1.165) is 11.6 Å². The van der Waals surface area contributed by atoms with E-state index in [-0.39, 0.29) is 10.9 Å². The Morgan fingerprint density at radius 1 is 1.19 bits per heavy atom. The molecule has 0 saturated heterocycles. The fourth-order valence-corrected chi connectivity index (χ4v) is 3.14. The first kappa shape index (κ1) is 23.4. The van der Waals surface area contributed by atoms with Crippen molar-refractivity contribution in [1.82, 2.24) is 0 Å². The summed E-state index contributed by atoms with van der Waals surface area (Å²) in [6, 6.07) is 7.78.